The van der Waals surface area contributed by atoms with Gasteiger partial charge in [0, 0.05) is 27.6 Å². The zero-order chi connectivity index (χ0) is 21.4. The van der Waals surface area contributed by atoms with Gasteiger partial charge in [-0.15, -0.1) is 0 Å². The molecule has 0 spiro atoms. The minimum atomic E-state index is -4.81. The summed E-state index contributed by atoms with van der Waals surface area (Å²) in [7, 11) is 0. The molecule has 1 aliphatic heterocycles. The fourth-order valence-electron chi connectivity index (χ4n) is 2.78. The van der Waals surface area contributed by atoms with Crippen LogP contribution in [0.5, 0.6) is 0 Å². The second-order valence-electron chi connectivity index (χ2n) is 6.10. The third kappa shape index (κ3) is 4.31. The highest BCUT2D eigenvalue weighted by atomic mass is 35.5. The van der Waals surface area contributed by atoms with Gasteiger partial charge in [0.1, 0.15) is 0 Å². The van der Waals surface area contributed by atoms with Gasteiger partial charge in [-0.2, -0.15) is 13.2 Å². The predicted octanol–water partition coefficient (Wildman–Crippen LogP) is 5.22. The number of nitrogens with zero attached hydrogens (tertiary/aromatic N) is 1. The lowest BCUT2D eigenvalue weighted by Gasteiger charge is -2.29. The van der Waals surface area contributed by atoms with E-state index in [-0.39, 0.29) is 32.0 Å². The van der Waals surface area contributed by atoms with Crippen LogP contribution in [0.2, 0.25) is 15.1 Å². The summed E-state index contributed by atoms with van der Waals surface area (Å²) in [5.41, 5.74) is 7.05. The van der Waals surface area contributed by atoms with E-state index in [2.05, 4.69) is 16.0 Å². The quantitative estimate of drug-likeness (QED) is 0.538. The van der Waals surface area contributed by atoms with Gasteiger partial charge in [0.15, 0.2) is 0 Å². The van der Waals surface area contributed by atoms with Crippen molar-refractivity contribution < 1.29 is 22.8 Å². The highest BCUT2D eigenvalue weighted by Gasteiger charge is 2.62. The Bertz CT molecular complexity index is 980. The zero-order valence-electron chi connectivity index (χ0n) is 14.3. The molecule has 3 rings (SSSR count). The topological polar surface area (TPSA) is 88.7 Å². The number of nitrogens with one attached hydrogen (secondary N) is 2. The Morgan fingerprint density at radius 3 is 2.38 bits per heavy atom. The van der Waals surface area contributed by atoms with Crippen molar-refractivity contribution in [1.82, 2.24) is 5.43 Å². The van der Waals surface area contributed by atoms with Crippen LogP contribution < -0.4 is 16.6 Å². The lowest BCUT2D eigenvalue weighted by molar-refractivity contribution is -0.275. The van der Waals surface area contributed by atoms with Gasteiger partial charge in [0.05, 0.1) is 16.4 Å². The number of oxime groups is 1. The molecule has 2 aromatic carbocycles. The number of benzene rings is 2. The average molecular weight is 468 g/mol. The molecule has 0 bridgehead atoms. The van der Waals surface area contributed by atoms with E-state index in [1.807, 2.05) is 0 Å². The third-order valence-electron chi connectivity index (χ3n) is 4.13. The second-order valence-corrected chi connectivity index (χ2v) is 7.38. The molecule has 1 atom stereocenters. The molecule has 29 heavy (non-hydrogen) atoms. The molecule has 2 aromatic rings. The lowest BCUT2D eigenvalue weighted by atomic mass is 9.86. The van der Waals surface area contributed by atoms with Crippen molar-refractivity contribution in [2.75, 3.05) is 5.43 Å². The number of carbonyl (C=O) groups excluding carboxylic acids is 1. The van der Waals surface area contributed by atoms with Gasteiger partial charge < -0.3 is 10.6 Å². The number of carbonyl (C=O) groups is 1. The lowest BCUT2D eigenvalue weighted by Crippen LogP contribution is -2.42. The first-order chi connectivity index (χ1) is 13.5. The van der Waals surface area contributed by atoms with Gasteiger partial charge in [-0.3, -0.25) is 10.9 Å². The Hall–Kier alpha value is -2.36. The van der Waals surface area contributed by atoms with E-state index in [9.17, 15) is 18.0 Å². The third-order valence-corrected chi connectivity index (χ3v) is 4.90. The van der Waals surface area contributed by atoms with E-state index in [0.717, 1.165) is 12.1 Å². The van der Waals surface area contributed by atoms with E-state index in [1.54, 1.807) is 0 Å². The van der Waals surface area contributed by atoms with E-state index in [0.29, 0.717) is 5.56 Å². The molecule has 154 valence electrons. The molecule has 0 saturated carbocycles. The summed E-state index contributed by atoms with van der Waals surface area (Å²) in [5, 5.41) is 3.92. The highest BCUT2D eigenvalue weighted by Crippen LogP contribution is 2.49. The first kappa shape index (κ1) is 21.4. The number of anilines is 1. The molecule has 6 nitrogen and oxygen atoms in total. The molecule has 1 unspecified atom stereocenters. The van der Waals surface area contributed by atoms with Crippen molar-refractivity contribution in [3.05, 3.63) is 62.6 Å². The Morgan fingerprint density at radius 2 is 1.79 bits per heavy atom. The molecule has 12 heteroatoms. The van der Waals surface area contributed by atoms with Crippen LogP contribution >= 0.6 is 34.8 Å². The van der Waals surface area contributed by atoms with Crippen molar-refractivity contribution in [3.8, 4) is 0 Å². The SMILES string of the molecule is NC(=O)NNc1cc(C2=NOC(c3cc(Cl)cc(Cl)c3)(C(F)(F)F)C2)ccc1Cl. The first-order valence-electron chi connectivity index (χ1n) is 7.91. The summed E-state index contributed by atoms with van der Waals surface area (Å²) >= 11 is 17.8. The first-order valence-corrected chi connectivity index (χ1v) is 9.05. The fraction of sp³-hybridized carbons (Fsp3) is 0.176. The summed E-state index contributed by atoms with van der Waals surface area (Å²) < 4.78 is 42.1. The number of alkyl halides is 3. The molecule has 0 fully saturated rings. The zero-order valence-corrected chi connectivity index (χ0v) is 16.5. The molecular weight excluding hydrogens is 456 g/mol. The molecule has 1 aliphatic rings. The number of hydrazine groups is 1. The summed E-state index contributed by atoms with van der Waals surface area (Å²) in [6.45, 7) is 0. The van der Waals surface area contributed by atoms with Crippen molar-refractivity contribution in [1.29, 1.82) is 0 Å². The van der Waals surface area contributed by atoms with Crippen molar-refractivity contribution in [2.45, 2.75) is 18.2 Å². The average Bonchev–Trinajstić information content (AvgIpc) is 3.07. The van der Waals surface area contributed by atoms with Gasteiger partial charge in [0.25, 0.3) is 5.60 Å². The molecule has 1 heterocycles. The van der Waals surface area contributed by atoms with Crippen LogP contribution in [0, 0.1) is 0 Å². The number of hydrogen-bond acceptors (Lipinski definition) is 4. The van der Waals surface area contributed by atoms with Crippen molar-refractivity contribution in [2.24, 2.45) is 10.9 Å². The summed E-state index contributed by atoms with van der Waals surface area (Å²) in [5.74, 6) is 0. The number of rotatable bonds is 4. The number of halogens is 6. The largest absolute Gasteiger partial charge is 0.435 e. The number of hydrogen-bond donors (Lipinski definition) is 3. The van der Waals surface area contributed by atoms with E-state index in [1.165, 1.54) is 24.3 Å². The second kappa shape index (κ2) is 7.81. The molecule has 2 amide bonds. The summed E-state index contributed by atoms with van der Waals surface area (Å²) in [4.78, 5) is 15.8. The molecule has 4 N–H and O–H groups in total. The van der Waals surface area contributed by atoms with Crippen LogP contribution in [0.25, 0.3) is 0 Å². The number of primary amides is 1. The van der Waals surface area contributed by atoms with Gasteiger partial charge >= 0.3 is 12.2 Å². The standard InChI is InChI=1S/C17H12Cl3F3N4O2/c18-10-4-9(5-11(19)6-10)16(17(21,22)23)7-14(27-29-16)8-1-2-12(20)13(3-8)25-26-15(24)28/h1-6,25H,7H2,(H3,24,26,28). The normalized spacial score (nSPS) is 18.8. The van der Waals surface area contributed by atoms with Crippen LogP contribution in [0.15, 0.2) is 41.6 Å². The molecule has 0 saturated heterocycles. The van der Waals surface area contributed by atoms with Crippen LogP contribution in [-0.2, 0) is 10.4 Å². The van der Waals surface area contributed by atoms with E-state index >= 15 is 0 Å². The Labute approximate surface area is 177 Å². The minimum Gasteiger partial charge on any atom is -0.374 e. The van der Waals surface area contributed by atoms with Crippen LogP contribution in [0.4, 0.5) is 23.7 Å². The Balaban J connectivity index is 1.97. The maximum absolute atomic E-state index is 14.0. The number of urea groups is 1. The highest BCUT2D eigenvalue weighted by molar-refractivity contribution is 6.34. The maximum atomic E-state index is 14.0. The fourth-order valence-corrected chi connectivity index (χ4v) is 3.47. The molecule has 0 radical (unpaired) electrons. The summed E-state index contributed by atoms with van der Waals surface area (Å²) in [6.07, 6.45) is -5.44. The van der Waals surface area contributed by atoms with Gasteiger partial charge in [0.2, 0.25) is 0 Å². The van der Waals surface area contributed by atoms with Gasteiger partial charge in [-0.05, 0) is 30.3 Å². The monoisotopic (exact) mass is 466 g/mol. The van der Waals surface area contributed by atoms with Crippen molar-refractivity contribution >= 4 is 52.2 Å². The van der Waals surface area contributed by atoms with Gasteiger partial charge in [-0.1, -0.05) is 46.0 Å². The maximum Gasteiger partial charge on any atom is 0.435 e. The van der Waals surface area contributed by atoms with E-state index < -0.39 is 24.2 Å². The Morgan fingerprint density at radius 1 is 1.14 bits per heavy atom. The molecule has 0 aliphatic carbocycles. The predicted molar refractivity (Wildman–Crippen MR) is 104 cm³/mol. The smallest absolute Gasteiger partial charge is 0.374 e. The molecule has 0 aromatic heterocycles. The van der Waals surface area contributed by atoms with Crippen LogP contribution in [0.1, 0.15) is 17.5 Å². The van der Waals surface area contributed by atoms with Crippen LogP contribution in [0.3, 0.4) is 0 Å². The number of amides is 2. The van der Waals surface area contributed by atoms with Gasteiger partial charge in [-0.25, -0.2) is 4.79 Å². The number of nitrogens with two attached hydrogens (primary N) is 1. The summed E-state index contributed by atoms with van der Waals surface area (Å²) in [6, 6.07) is 7.00. The van der Waals surface area contributed by atoms with Crippen LogP contribution in [-0.4, -0.2) is 17.9 Å². The Kier molecular flexibility index (Phi) is 5.75. The van der Waals surface area contributed by atoms with E-state index in [4.69, 9.17) is 45.4 Å². The van der Waals surface area contributed by atoms with Crippen molar-refractivity contribution in [3.63, 3.8) is 0 Å². The molecular formula is C17H12Cl3F3N4O2. The minimum absolute atomic E-state index is 0.0113.